The van der Waals surface area contributed by atoms with Crippen molar-refractivity contribution < 1.29 is 4.74 Å². The molecule has 1 saturated heterocycles. The fourth-order valence-corrected chi connectivity index (χ4v) is 4.05. The number of anilines is 1. The van der Waals surface area contributed by atoms with E-state index in [-0.39, 0.29) is 0 Å². The second-order valence-corrected chi connectivity index (χ2v) is 6.92. The van der Waals surface area contributed by atoms with Crippen LogP contribution in [-0.4, -0.2) is 45.7 Å². The van der Waals surface area contributed by atoms with E-state index in [1.54, 1.807) is 12.7 Å². The average molecular weight is 350 g/mol. The second-order valence-electron chi connectivity index (χ2n) is 6.92. The molecule has 0 radical (unpaired) electrons. The third-order valence-electron chi connectivity index (χ3n) is 5.38. The van der Waals surface area contributed by atoms with Gasteiger partial charge >= 0.3 is 0 Å². The lowest BCUT2D eigenvalue weighted by atomic mass is 10.0. The van der Waals surface area contributed by atoms with Gasteiger partial charge in [0.15, 0.2) is 11.5 Å². The van der Waals surface area contributed by atoms with Gasteiger partial charge in [0.1, 0.15) is 24.2 Å². The van der Waals surface area contributed by atoms with Crippen molar-refractivity contribution in [3.8, 4) is 5.75 Å². The Morgan fingerprint density at radius 1 is 1.23 bits per heavy atom. The lowest BCUT2D eigenvalue weighted by Gasteiger charge is -2.27. The first kappa shape index (κ1) is 15.6. The van der Waals surface area contributed by atoms with Crippen LogP contribution in [0.4, 0.5) is 5.82 Å². The van der Waals surface area contributed by atoms with Crippen LogP contribution >= 0.6 is 0 Å². The molecule has 0 aliphatic carbocycles. The number of rotatable bonds is 4. The lowest BCUT2D eigenvalue weighted by Crippen LogP contribution is -2.35. The standard InChI is InChI=1S/C19H22N6O/c1-3-13-6-7-20-9-15(13)16(5-1)26-10-14-4-2-8-25(14)19-17-18(22-11-21-17)23-12-24-19/h1,3,5,11-12,14,20H,2,4,6-10H2,(H,21,22,23,24)/t14-/m1/s1. The molecule has 0 amide bonds. The first-order chi connectivity index (χ1) is 12.9. The fourth-order valence-electron chi connectivity index (χ4n) is 4.05. The van der Waals surface area contributed by atoms with E-state index in [1.807, 2.05) is 0 Å². The first-order valence-electron chi connectivity index (χ1n) is 9.25. The van der Waals surface area contributed by atoms with Crippen molar-refractivity contribution in [2.75, 3.05) is 24.6 Å². The highest BCUT2D eigenvalue weighted by Gasteiger charge is 2.29. The van der Waals surface area contributed by atoms with Crippen molar-refractivity contribution in [1.82, 2.24) is 25.3 Å². The van der Waals surface area contributed by atoms with Gasteiger partial charge in [0.25, 0.3) is 0 Å². The molecule has 134 valence electrons. The Hall–Kier alpha value is -2.67. The van der Waals surface area contributed by atoms with Crippen molar-refractivity contribution in [2.24, 2.45) is 0 Å². The highest BCUT2D eigenvalue weighted by Crippen LogP contribution is 2.30. The number of ether oxygens (including phenoxy) is 1. The Kier molecular flexibility index (Phi) is 3.93. The van der Waals surface area contributed by atoms with E-state index in [0.717, 1.165) is 61.6 Å². The van der Waals surface area contributed by atoms with Gasteiger partial charge in [0.05, 0.1) is 12.4 Å². The molecule has 0 bridgehead atoms. The Labute approximate surface area is 151 Å². The summed E-state index contributed by atoms with van der Waals surface area (Å²) >= 11 is 0. The molecule has 7 heteroatoms. The molecular formula is C19H22N6O. The molecule has 0 saturated carbocycles. The SMILES string of the molecule is c1cc2c(c(OC[C@H]3CCCN3c3ncnc4[nH]cnc34)c1)CNCC2. The van der Waals surface area contributed by atoms with Crippen LogP contribution in [0.3, 0.4) is 0 Å². The van der Waals surface area contributed by atoms with Gasteiger partial charge in [-0.25, -0.2) is 15.0 Å². The number of nitrogens with one attached hydrogen (secondary N) is 2. The molecule has 2 aromatic heterocycles. The third kappa shape index (κ3) is 2.68. The van der Waals surface area contributed by atoms with Crippen LogP contribution < -0.4 is 15.0 Å². The topological polar surface area (TPSA) is 79.0 Å². The van der Waals surface area contributed by atoms with Gasteiger partial charge in [0, 0.05) is 18.7 Å². The fraction of sp³-hybridized carbons (Fsp3) is 0.421. The molecule has 1 aromatic carbocycles. The van der Waals surface area contributed by atoms with Crippen LogP contribution in [0.15, 0.2) is 30.9 Å². The quantitative estimate of drug-likeness (QED) is 0.750. The van der Waals surface area contributed by atoms with Gasteiger partial charge < -0.3 is 19.9 Å². The maximum atomic E-state index is 6.28. The van der Waals surface area contributed by atoms with E-state index in [9.17, 15) is 0 Å². The summed E-state index contributed by atoms with van der Waals surface area (Å²) in [6.45, 7) is 3.56. The van der Waals surface area contributed by atoms with E-state index in [1.165, 1.54) is 11.1 Å². The predicted octanol–water partition coefficient (Wildman–Crippen LogP) is 2.05. The van der Waals surface area contributed by atoms with Crippen molar-refractivity contribution in [3.63, 3.8) is 0 Å². The Morgan fingerprint density at radius 2 is 2.23 bits per heavy atom. The van der Waals surface area contributed by atoms with Crippen LogP contribution in [0, 0.1) is 0 Å². The molecule has 5 rings (SSSR count). The summed E-state index contributed by atoms with van der Waals surface area (Å²) in [5, 5.41) is 3.44. The minimum atomic E-state index is 0.303. The zero-order valence-electron chi connectivity index (χ0n) is 14.6. The van der Waals surface area contributed by atoms with E-state index >= 15 is 0 Å². The number of hydrogen-bond donors (Lipinski definition) is 2. The monoisotopic (exact) mass is 350 g/mol. The molecule has 26 heavy (non-hydrogen) atoms. The normalized spacial score (nSPS) is 19.7. The van der Waals surface area contributed by atoms with Crippen LogP contribution in [0.5, 0.6) is 5.75 Å². The van der Waals surface area contributed by atoms with Crippen LogP contribution in [0.25, 0.3) is 11.2 Å². The van der Waals surface area contributed by atoms with Crippen molar-refractivity contribution in [1.29, 1.82) is 0 Å². The maximum absolute atomic E-state index is 6.28. The van der Waals surface area contributed by atoms with Crippen molar-refractivity contribution >= 4 is 17.0 Å². The first-order valence-corrected chi connectivity index (χ1v) is 9.25. The van der Waals surface area contributed by atoms with Gasteiger partial charge in [-0.3, -0.25) is 0 Å². The number of imidazole rings is 1. The van der Waals surface area contributed by atoms with Gasteiger partial charge in [-0.2, -0.15) is 0 Å². The third-order valence-corrected chi connectivity index (χ3v) is 5.38. The Morgan fingerprint density at radius 3 is 3.23 bits per heavy atom. The molecular weight excluding hydrogens is 328 g/mol. The van der Waals surface area contributed by atoms with E-state index < -0.39 is 0 Å². The van der Waals surface area contributed by atoms with Gasteiger partial charge in [-0.1, -0.05) is 12.1 Å². The van der Waals surface area contributed by atoms with Crippen LogP contribution in [0.2, 0.25) is 0 Å². The Bertz CT molecular complexity index is 923. The van der Waals surface area contributed by atoms with E-state index in [4.69, 9.17) is 4.74 Å². The molecule has 2 aliphatic heterocycles. The summed E-state index contributed by atoms with van der Waals surface area (Å²) in [6.07, 6.45) is 6.58. The van der Waals surface area contributed by atoms with Crippen molar-refractivity contribution in [3.05, 3.63) is 42.0 Å². The summed E-state index contributed by atoms with van der Waals surface area (Å²) < 4.78 is 6.28. The minimum absolute atomic E-state index is 0.303. The Balaban J connectivity index is 1.37. The zero-order valence-corrected chi connectivity index (χ0v) is 14.6. The van der Waals surface area contributed by atoms with Gasteiger partial charge in [0.2, 0.25) is 0 Å². The summed E-state index contributed by atoms with van der Waals surface area (Å²) in [5.74, 6) is 1.91. The number of nitrogens with zero attached hydrogens (tertiary/aromatic N) is 4. The molecule has 3 aromatic rings. The van der Waals surface area contributed by atoms with Crippen molar-refractivity contribution in [2.45, 2.75) is 31.8 Å². The molecule has 2 N–H and O–H groups in total. The maximum Gasteiger partial charge on any atom is 0.162 e. The molecule has 7 nitrogen and oxygen atoms in total. The summed E-state index contributed by atoms with van der Waals surface area (Å²) in [4.78, 5) is 18.5. The highest BCUT2D eigenvalue weighted by atomic mass is 16.5. The van der Waals surface area contributed by atoms with Crippen LogP contribution in [0.1, 0.15) is 24.0 Å². The lowest BCUT2D eigenvalue weighted by molar-refractivity contribution is 0.284. The van der Waals surface area contributed by atoms with Gasteiger partial charge in [-0.15, -0.1) is 0 Å². The number of aromatic amines is 1. The summed E-state index contributed by atoms with van der Waals surface area (Å²) in [7, 11) is 0. The number of H-pyrrole nitrogens is 1. The summed E-state index contributed by atoms with van der Waals surface area (Å²) in [6, 6.07) is 6.70. The summed E-state index contributed by atoms with van der Waals surface area (Å²) in [5.41, 5.74) is 4.32. The van der Waals surface area contributed by atoms with E-state index in [2.05, 4.69) is 48.4 Å². The number of hydrogen-bond acceptors (Lipinski definition) is 6. The molecule has 4 heterocycles. The largest absolute Gasteiger partial charge is 0.491 e. The molecule has 1 atom stereocenters. The zero-order chi connectivity index (χ0) is 17.3. The molecule has 0 spiro atoms. The smallest absolute Gasteiger partial charge is 0.162 e. The molecule has 0 unspecified atom stereocenters. The number of benzene rings is 1. The molecule has 2 aliphatic rings. The highest BCUT2D eigenvalue weighted by molar-refractivity contribution is 5.83. The number of aromatic nitrogens is 4. The predicted molar refractivity (Wildman–Crippen MR) is 99.4 cm³/mol. The van der Waals surface area contributed by atoms with Crippen LogP contribution in [-0.2, 0) is 13.0 Å². The average Bonchev–Trinajstić information content (AvgIpc) is 3.35. The molecule has 1 fully saturated rings. The van der Waals surface area contributed by atoms with E-state index in [0.29, 0.717) is 12.6 Å². The number of fused-ring (bicyclic) bond motifs is 2. The minimum Gasteiger partial charge on any atom is -0.491 e. The van der Waals surface area contributed by atoms with Gasteiger partial charge in [-0.05, 0) is 37.4 Å². The second kappa shape index (κ2) is 6.57.